The minimum Gasteiger partial charge on any atom is -0.309 e. The van der Waals surface area contributed by atoms with E-state index in [0.717, 1.165) is 17.1 Å². The summed E-state index contributed by atoms with van der Waals surface area (Å²) in [5.41, 5.74) is 19.4. The summed E-state index contributed by atoms with van der Waals surface area (Å²) < 4.78 is 0. The Balaban J connectivity index is 1.06. The quantitative estimate of drug-likeness (QED) is 0.132. The predicted molar refractivity (Wildman–Crippen MR) is 295 cm³/mol. The number of benzene rings is 11. The van der Waals surface area contributed by atoms with Crippen molar-refractivity contribution in [2.45, 2.75) is 38.0 Å². The van der Waals surface area contributed by atoms with Crippen LogP contribution in [0.4, 0.5) is 17.1 Å². The van der Waals surface area contributed by atoms with E-state index in [1.807, 2.05) is 0 Å². The molecular weight excluding hydrogens is 831 g/mol. The Morgan fingerprint density at radius 2 is 0.725 bits per heavy atom. The highest BCUT2D eigenvalue weighted by Gasteiger charge is 2.25. The molecule has 12 rings (SSSR count). The zero-order chi connectivity index (χ0) is 45.9. The first-order chi connectivity index (χ1) is 34.3. The smallest absolute Gasteiger partial charge is 0.0540 e. The van der Waals surface area contributed by atoms with E-state index >= 15 is 0 Å². The molecule has 1 saturated carbocycles. The molecule has 0 atom stereocenters. The molecule has 0 saturated heterocycles. The van der Waals surface area contributed by atoms with Gasteiger partial charge in [-0.05, 0) is 132 Å². The molecule has 0 heterocycles. The second-order valence-electron chi connectivity index (χ2n) is 18.6. The maximum Gasteiger partial charge on any atom is 0.0540 e. The van der Waals surface area contributed by atoms with Gasteiger partial charge >= 0.3 is 0 Å². The van der Waals surface area contributed by atoms with Gasteiger partial charge < -0.3 is 4.90 Å². The maximum atomic E-state index is 2.52. The first kappa shape index (κ1) is 42.1. The predicted octanol–water partition coefficient (Wildman–Crippen LogP) is 19.5. The van der Waals surface area contributed by atoms with Crippen LogP contribution in [0.5, 0.6) is 0 Å². The third kappa shape index (κ3) is 8.11. The van der Waals surface area contributed by atoms with Crippen LogP contribution in [-0.2, 0) is 0 Å². The number of hydrogen-bond donors (Lipinski definition) is 0. The number of para-hydroxylation sites is 2. The average Bonchev–Trinajstić information content (AvgIpc) is 3.44. The molecule has 330 valence electrons. The van der Waals surface area contributed by atoms with Crippen LogP contribution in [0.25, 0.3) is 88.3 Å². The summed E-state index contributed by atoms with van der Waals surface area (Å²) in [5, 5.41) is 5.16. The molecule has 11 aromatic carbocycles. The lowest BCUT2D eigenvalue weighted by atomic mass is 9.80. The number of rotatable bonds is 10. The fourth-order valence-electron chi connectivity index (χ4n) is 11.2. The summed E-state index contributed by atoms with van der Waals surface area (Å²) in [4.78, 5) is 2.52. The Morgan fingerprint density at radius 1 is 0.275 bits per heavy atom. The van der Waals surface area contributed by atoms with Gasteiger partial charge in [-0.25, -0.2) is 0 Å². The normalized spacial score (nSPS) is 12.9. The molecule has 69 heavy (non-hydrogen) atoms. The third-order valence-electron chi connectivity index (χ3n) is 14.5. The Morgan fingerprint density at radius 3 is 1.32 bits per heavy atom. The SMILES string of the molecule is c1ccc(-c2ccc(-c3ccc(N(c4ccccc4-c4cccc5cccc(-c6ccccc6)c45)c4ccccc4-c4cccc5cccc(C6CCCCC6)c45)cc3)cc2-c2ccccc2)cc1. The summed E-state index contributed by atoms with van der Waals surface area (Å²) >= 11 is 0. The number of anilines is 3. The van der Waals surface area contributed by atoms with Gasteiger partial charge in [-0.1, -0.05) is 244 Å². The molecule has 1 fully saturated rings. The van der Waals surface area contributed by atoms with E-state index in [0.29, 0.717) is 5.92 Å². The zero-order valence-corrected chi connectivity index (χ0v) is 38.8. The zero-order valence-electron chi connectivity index (χ0n) is 38.8. The fraction of sp³-hybridized carbons (Fsp3) is 0.0882. The van der Waals surface area contributed by atoms with E-state index in [2.05, 4.69) is 260 Å². The molecular formula is C68H53N. The van der Waals surface area contributed by atoms with E-state index in [1.54, 1.807) is 0 Å². The van der Waals surface area contributed by atoms with Crippen molar-refractivity contribution in [2.75, 3.05) is 4.90 Å². The Kier molecular flexibility index (Phi) is 11.5. The standard InChI is InChI=1S/C68H53N/c1-5-21-49(22-6-1)57-46-43-55(47-64(57)52-27-11-4-12-28-52)48-41-44-56(45-42-48)69(65-39-15-13-33-60(65)62-37-19-31-53-29-17-35-58(67(53)62)50-23-7-2-8-24-50)66-40-16-14-34-61(66)63-38-20-32-54-30-18-36-59(68(54)63)51-25-9-3-10-26-51/h1-2,4-8,11-24,27-47,51H,3,9-10,25-26H2. The lowest BCUT2D eigenvalue weighted by Gasteiger charge is -2.31. The fourth-order valence-corrected chi connectivity index (χ4v) is 11.2. The lowest BCUT2D eigenvalue weighted by molar-refractivity contribution is 0.445. The van der Waals surface area contributed by atoms with Crippen LogP contribution in [0, 0.1) is 0 Å². The second kappa shape index (κ2) is 18.8. The third-order valence-corrected chi connectivity index (χ3v) is 14.5. The molecule has 0 aromatic heterocycles. The highest BCUT2D eigenvalue weighted by Crippen LogP contribution is 2.49. The van der Waals surface area contributed by atoms with E-state index in [9.17, 15) is 0 Å². The molecule has 0 unspecified atom stereocenters. The van der Waals surface area contributed by atoms with Gasteiger partial charge in [-0.15, -0.1) is 0 Å². The van der Waals surface area contributed by atoms with Gasteiger partial charge in [0.05, 0.1) is 11.4 Å². The van der Waals surface area contributed by atoms with Crippen molar-refractivity contribution < 1.29 is 0 Å². The second-order valence-corrected chi connectivity index (χ2v) is 18.6. The summed E-state index contributed by atoms with van der Waals surface area (Å²) in [5.74, 6) is 0.564. The number of fused-ring (bicyclic) bond motifs is 2. The van der Waals surface area contributed by atoms with Crippen molar-refractivity contribution in [3.8, 4) is 66.8 Å². The minimum atomic E-state index is 0.564. The summed E-state index contributed by atoms with van der Waals surface area (Å²) in [7, 11) is 0. The maximum absolute atomic E-state index is 2.52. The lowest BCUT2D eigenvalue weighted by Crippen LogP contribution is -2.13. The van der Waals surface area contributed by atoms with Crippen molar-refractivity contribution in [3.05, 3.63) is 260 Å². The van der Waals surface area contributed by atoms with Crippen LogP contribution in [0.2, 0.25) is 0 Å². The van der Waals surface area contributed by atoms with Gasteiger partial charge in [0.1, 0.15) is 0 Å². The van der Waals surface area contributed by atoms with Crippen molar-refractivity contribution in [3.63, 3.8) is 0 Å². The first-order valence-electron chi connectivity index (χ1n) is 24.7. The molecule has 0 radical (unpaired) electrons. The largest absolute Gasteiger partial charge is 0.309 e. The van der Waals surface area contributed by atoms with Gasteiger partial charge in [0.15, 0.2) is 0 Å². The first-order valence-corrected chi connectivity index (χ1v) is 24.7. The van der Waals surface area contributed by atoms with Gasteiger partial charge in [0.25, 0.3) is 0 Å². The summed E-state index contributed by atoms with van der Waals surface area (Å²) in [6.45, 7) is 0. The molecule has 1 heteroatoms. The molecule has 1 aliphatic carbocycles. The number of hydrogen-bond acceptors (Lipinski definition) is 1. The van der Waals surface area contributed by atoms with E-state index in [-0.39, 0.29) is 0 Å². The van der Waals surface area contributed by atoms with Gasteiger partial charge in [-0.2, -0.15) is 0 Å². The highest BCUT2D eigenvalue weighted by atomic mass is 15.1. The summed E-state index contributed by atoms with van der Waals surface area (Å²) in [6, 6.07) is 94.1. The average molecular weight is 884 g/mol. The Labute approximate surface area is 406 Å². The van der Waals surface area contributed by atoms with Crippen LogP contribution in [-0.4, -0.2) is 0 Å². The minimum absolute atomic E-state index is 0.564. The molecule has 0 amide bonds. The highest BCUT2D eigenvalue weighted by molar-refractivity contribution is 6.10. The van der Waals surface area contributed by atoms with Crippen LogP contribution in [0.3, 0.4) is 0 Å². The van der Waals surface area contributed by atoms with Crippen molar-refractivity contribution in [2.24, 2.45) is 0 Å². The van der Waals surface area contributed by atoms with Crippen molar-refractivity contribution in [1.29, 1.82) is 0 Å². The topological polar surface area (TPSA) is 3.24 Å². The molecule has 0 N–H and O–H groups in total. The van der Waals surface area contributed by atoms with Gasteiger partial charge in [0.2, 0.25) is 0 Å². The monoisotopic (exact) mass is 883 g/mol. The van der Waals surface area contributed by atoms with Crippen LogP contribution in [0.1, 0.15) is 43.6 Å². The molecule has 1 nitrogen and oxygen atoms in total. The van der Waals surface area contributed by atoms with Crippen LogP contribution >= 0.6 is 0 Å². The van der Waals surface area contributed by atoms with Gasteiger partial charge in [-0.3, -0.25) is 0 Å². The van der Waals surface area contributed by atoms with E-state index in [1.165, 1.54) is 126 Å². The molecule has 0 bridgehead atoms. The summed E-state index contributed by atoms with van der Waals surface area (Å²) in [6.07, 6.45) is 6.43. The van der Waals surface area contributed by atoms with Crippen LogP contribution < -0.4 is 4.90 Å². The van der Waals surface area contributed by atoms with E-state index in [4.69, 9.17) is 0 Å². The van der Waals surface area contributed by atoms with Crippen LogP contribution in [0.15, 0.2) is 255 Å². The Bertz CT molecular complexity index is 3560. The number of nitrogens with zero attached hydrogens (tertiary/aromatic N) is 1. The molecule has 0 aliphatic heterocycles. The Hall–Kier alpha value is -8.26. The molecule has 11 aromatic rings. The van der Waals surface area contributed by atoms with Gasteiger partial charge in [0, 0.05) is 16.8 Å². The van der Waals surface area contributed by atoms with E-state index < -0.39 is 0 Å². The van der Waals surface area contributed by atoms with Crippen molar-refractivity contribution in [1.82, 2.24) is 0 Å². The van der Waals surface area contributed by atoms with Crippen molar-refractivity contribution >= 4 is 38.6 Å². The molecule has 0 spiro atoms. The molecule has 1 aliphatic rings.